The quantitative estimate of drug-likeness (QED) is 0.711. The number of hydrogen-bond acceptors (Lipinski definition) is 1. The molecule has 1 aromatic carbocycles. The summed E-state index contributed by atoms with van der Waals surface area (Å²) in [7, 11) is 0. The molecule has 0 aliphatic rings. The largest absolute Gasteiger partial charge is 0.417 e. The topological polar surface area (TPSA) is 37.0 Å². The Labute approximate surface area is 90.5 Å². The van der Waals surface area contributed by atoms with E-state index in [0.29, 0.717) is 12.1 Å². The zero-order valence-electron chi connectivity index (χ0n) is 7.82. The smallest absolute Gasteiger partial charge is 0.241 e. The van der Waals surface area contributed by atoms with E-state index in [1.54, 1.807) is 0 Å². The van der Waals surface area contributed by atoms with Gasteiger partial charge in [-0.2, -0.15) is 26.3 Å². The van der Waals surface area contributed by atoms with Gasteiger partial charge in [0.2, 0.25) is 0 Å². The van der Waals surface area contributed by atoms with Gasteiger partial charge in [0.25, 0.3) is 0 Å². The molecule has 0 spiro atoms. The third-order valence-corrected chi connectivity index (χ3v) is 1.87. The van der Waals surface area contributed by atoms with Crippen molar-refractivity contribution in [2.24, 2.45) is 0 Å². The van der Waals surface area contributed by atoms with Crippen molar-refractivity contribution in [3.05, 3.63) is 34.9 Å². The van der Waals surface area contributed by atoms with Gasteiger partial charge in [-0.25, -0.2) is 9.90 Å². The molecule has 0 N–H and O–H groups in total. The first-order chi connectivity index (χ1) is 7.55. The van der Waals surface area contributed by atoms with Crippen LogP contribution in [-0.4, -0.2) is 5.97 Å². The van der Waals surface area contributed by atoms with Crippen LogP contribution in [0, 0.1) is 0 Å². The summed E-state index contributed by atoms with van der Waals surface area (Å²) in [4.78, 5) is 10.4. The van der Waals surface area contributed by atoms with E-state index in [2.05, 4.69) is 0 Å². The van der Waals surface area contributed by atoms with Crippen molar-refractivity contribution < 1.29 is 36.2 Å². The van der Waals surface area contributed by atoms with E-state index in [1.807, 2.05) is 0 Å². The Bertz CT molecular complexity index is 446. The summed E-state index contributed by atoms with van der Waals surface area (Å²) in [6.45, 7) is 0. The van der Waals surface area contributed by atoms with Gasteiger partial charge in [0.15, 0.2) is 0 Å². The lowest BCUT2D eigenvalue weighted by atomic mass is 10.00. The van der Waals surface area contributed by atoms with Crippen molar-refractivity contribution >= 4 is 5.97 Å². The van der Waals surface area contributed by atoms with Gasteiger partial charge >= 0.3 is 18.3 Å². The molecule has 0 heterocycles. The maximum atomic E-state index is 12.4. The van der Waals surface area contributed by atoms with Crippen LogP contribution in [0.25, 0.3) is 0 Å². The fourth-order valence-corrected chi connectivity index (χ4v) is 1.26. The third kappa shape index (κ3) is 2.69. The molecule has 2 nitrogen and oxygen atoms in total. The molecule has 8 heteroatoms. The fraction of sp³-hybridized carbons (Fsp3) is 0.222. The van der Waals surface area contributed by atoms with Gasteiger partial charge in [-0.3, -0.25) is 0 Å². The van der Waals surface area contributed by atoms with Crippen LogP contribution in [0.3, 0.4) is 0 Å². The van der Waals surface area contributed by atoms with Gasteiger partial charge in [0.05, 0.1) is 16.7 Å². The van der Waals surface area contributed by atoms with Gasteiger partial charge in [-0.05, 0) is 12.1 Å². The first-order valence-corrected chi connectivity index (χ1v) is 4.04. The van der Waals surface area contributed by atoms with Crippen molar-refractivity contribution in [2.45, 2.75) is 12.4 Å². The van der Waals surface area contributed by atoms with E-state index < -0.39 is 35.0 Å². The van der Waals surface area contributed by atoms with Crippen LogP contribution in [0.4, 0.5) is 26.3 Å². The number of benzene rings is 1. The third-order valence-electron chi connectivity index (χ3n) is 1.87. The first kappa shape index (κ1) is 13.3. The summed E-state index contributed by atoms with van der Waals surface area (Å²) >= 11 is 0. The second kappa shape index (κ2) is 3.94. The Kier molecular flexibility index (Phi) is 3.09. The van der Waals surface area contributed by atoms with E-state index in [4.69, 9.17) is 0 Å². The summed E-state index contributed by atoms with van der Waals surface area (Å²) in [5.74, 6) is -2.32. The van der Waals surface area contributed by atoms with Crippen molar-refractivity contribution in [2.75, 3.05) is 0 Å². The molecule has 0 aliphatic carbocycles. The molecule has 93 valence electrons. The monoisotopic (exact) mass is 257 g/mol. The van der Waals surface area contributed by atoms with E-state index >= 15 is 0 Å². The molecule has 0 aromatic heterocycles. The summed E-state index contributed by atoms with van der Waals surface area (Å²) in [5, 5.41) is 10.4. The average Bonchev–Trinajstić information content (AvgIpc) is 2.13. The summed E-state index contributed by atoms with van der Waals surface area (Å²) in [6, 6.07) is 1.14. The molecule has 0 bridgehead atoms. The Morgan fingerprint density at radius 3 is 1.82 bits per heavy atom. The van der Waals surface area contributed by atoms with Gasteiger partial charge in [-0.15, -0.1) is 0 Å². The van der Waals surface area contributed by atoms with Crippen molar-refractivity contribution in [1.29, 1.82) is 0 Å². The molecule has 17 heavy (non-hydrogen) atoms. The number of alkyl halides is 6. The lowest BCUT2D eigenvalue weighted by Crippen LogP contribution is -2.20. The number of halogens is 6. The minimum atomic E-state index is -5.43. The predicted molar refractivity (Wildman–Crippen MR) is 41.5 cm³/mol. The van der Waals surface area contributed by atoms with Crippen LogP contribution in [0.2, 0.25) is 0 Å². The molecule has 0 saturated carbocycles. The summed E-state index contributed by atoms with van der Waals surface area (Å²) in [5.41, 5.74) is -5.83. The zero-order chi connectivity index (χ0) is 13.4. The highest BCUT2D eigenvalue weighted by Crippen LogP contribution is 2.41. The molecule has 1 radical (unpaired) electrons. The Hall–Kier alpha value is -1.73. The normalized spacial score (nSPS) is 12.6. The standard InChI is InChI=1S/C9H3F6O2/c10-8(11,12)5-3-1-2-4(7(16)17)6(5)9(13,14)15/h1-3H. The van der Waals surface area contributed by atoms with Gasteiger partial charge in [0, 0.05) is 0 Å². The molecule has 0 amide bonds. The van der Waals surface area contributed by atoms with Crippen molar-refractivity contribution in [3.63, 3.8) is 0 Å². The highest BCUT2D eigenvalue weighted by Gasteiger charge is 2.45. The van der Waals surface area contributed by atoms with Crippen LogP contribution in [0.15, 0.2) is 18.2 Å². The first-order valence-electron chi connectivity index (χ1n) is 4.04. The lowest BCUT2D eigenvalue weighted by Gasteiger charge is -2.16. The maximum Gasteiger partial charge on any atom is 0.417 e. The van der Waals surface area contributed by atoms with Crippen LogP contribution >= 0.6 is 0 Å². The second-order valence-electron chi connectivity index (χ2n) is 3.01. The number of hydrogen-bond donors (Lipinski definition) is 0. The minimum absolute atomic E-state index is 0.162. The second-order valence-corrected chi connectivity index (χ2v) is 3.01. The van der Waals surface area contributed by atoms with E-state index in [1.165, 1.54) is 0 Å². The van der Waals surface area contributed by atoms with Crippen molar-refractivity contribution in [3.8, 4) is 0 Å². The van der Waals surface area contributed by atoms with Crippen LogP contribution in [0.5, 0.6) is 0 Å². The Morgan fingerprint density at radius 2 is 1.47 bits per heavy atom. The number of rotatable bonds is 1. The van der Waals surface area contributed by atoms with Crippen LogP contribution in [-0.2, 0) is 17.5 Å². The van der Waals surface area contributed by atoms with Crippen LogP contribution in [0.1, 0.15) is 21.5 Å². The van der Waals surface area contributed by atoms with Gasteiger partial charge < -0.3 is 0 Å². The SMILES string of the molecule is [O]C(=O)c1cccc(C(F)(F)F)c1C(F)(F)F. The van der Waals surface area contributed by atoms with Crippen molar-refractivity contribution in [1.82, 2.24) is 0 Å². The number of carbonyl (C=O) groups is 1. The van der Waals surface area contributed by atoms with Crippen LogP contribution < -0.4 is 0 Å². The Morgan fingerprint density at radius 1 is 0.941 bits per heavy atom. The highest BCUT2D eigenvalue weighted by atomic mass is 19.4. The fourth-order valence-electron chi connectivity index (χ4n) is 1.26. The molecule has 0 saturated heterocycles. The average molecular weight is 257 g/mol. The number of carbonyl (C=O) groups excluding carboxylic acids is 1. The summed E-state index contributed by atoms with van der Waals surface area (Å²) in [6.07, 6.45) is -10.7. The molecule has 1 aromatic rings. The van der Waals surface area contributed by atoms with Gasteiger partial charge in [0.1, 0.15) is 0 Å². The minimum Gasteiger partial charge on any atom is -0.241 e. The highest BCUT2D eigenvalue weighted by molar-refractivity contribution is 5.89. The lowest BCUT2D eigenvalue weighted by molar-refractivity contribution is -0.162. The predicted octanol–water partition coefficient (Wildman–Crippen LogP) is 3.29. The molecular weight excluding hydrogens is 254 g/mol. The maximum absolute atomic E-state index is 12.4. The molecule has 0 fully saturated rings. The van der Waals surface area contributed by atoms with E-state index in [9.17, 15) is 36.2 Å². The molecule has 0 aliphatic heterocycles. The zero-order valence-corrected chi connectivity index (χ0v) is 7.82. The molecular formula is C9H3F6O2. The van der Waals surface area contributed by atoms with Gasteiger partial charge in [-0.1, -0.05) is 6.07 Å². The van der Waals surface area contributed by atoms with E-state index in [-0.39, 0.29) is 6.07 Å². The molecule has 0 unspecified atom stereocenters. The molecule has 1 rings (SSSR count). The Balaban J connectivity index is 3.64. The van der Waals surface area contributed by atoms with E-state index in [0.717, 1.165) is 0 Å². The summed E-state index contributed by atoms with van der Waals surface area (Å²) < 4.78 is 74.2. The molecule has 0 atom stereocenters.